The monoisotopic (exact) mass is 1460 g/mol. The number of hydrogen-bond acceptors (Lipinski definition) is 12. The normalized spacial score (nSPS) is 17.6. The van der Waals surface area contributed by atoms with E-state index < -0.39 is 64.6 Å². The molecule has 6 aromatic rings. The van der Waals surface area contributed by atoms with E-state index in [9.17, 15) is 54.7 Å². The van der Waals surface area contributed by atoms with E-state index >= 15 is 0 Å². The molecule has 100 heavy (non-hydrogen) atoms. The molecular formula is C73H86Cl3F7N8O9. The highest BCUT2D eigenvalue weighted by molar-refractivity contribution is 5.95. The molecule has 0 aromatic heterocycles. The lowest BCUT2D eigenvalue weighted by Crippen LogP contribution is -2.50. The molecule has 0 radical (unpaired) electrons. The second kappa shape index (κ2) is 35.9. The zero-order valence-corrected chi connectivity index (χ0v) is 58.5. The zero-order valence-electron chi connectivity index (χ0n) is 56.0. The van der Waals surface area contributed by atoms with Crippen LogP contribution in [0.15, 0.2) is 146 Å². The van der Waals surface area contributed by atoms with Gasteiger partial charge >= 0.3 is 18.4 Å². The molecule has 0 unspecified atom stereocenters. The number of likely N-dealkylation sites (N-methyl/N-ethyl adjacent to an activating group) is 2. The Morgan fingerprint density at radius 2 is 1.26 bits per heavy atom. The summed E-state index contributed by atoms with van der Waals surface area (Å²) in [6.45, 7) is 5.30. The van der Waals surface area contributed by atoms with Gasteiger partial charge in [-0.2, -0.15) is 26.3 Å². The Labute approximate surface area is 597 Å². The summed E-state index contributed by atoms with van der Waals surface area (Å²) in [6.07, 6.45) is -6.50. The van der Waals surface area contributed by atoms with Gasteiger partial charge in [-0.3, -0.25) is 24.5 Å². The van der Waals surface area contributed by atoms with Crippen molar-refractivity contribution in [3.63, 3.8) is 0 Å². The minimum absolute atomic E-state index is 0. The van der Waals surface area contributed by atoms with E-state index in [1.54, 1.807) is 48.0 Å². The average molecular weight is 1460 g/mol. The number of likely N-dealkylation sites (tertiary alicyclic amines) is 2. The molecule has 2 N–H and O–H groups in total. The largest absolute Gasteiger partial charge is 0.446 e. The van der Waals surface area contributed by atoms with Gasteiger partial charge in [0.15, 0.2) is 0 Å². The van der Waals surface area contributed by atoms with Crippen LogP contribution in [0.5, 0.6) is 0 Å². The summed E-state index contributed by atoms with van der Waals surface area (Å²) >= 11 is 0. The second-order valence-corrected chi connectivity index (χ2v) is 25.6. The fourth-order valence-electron chi connectivity index (χ4n) is 13.4. The Morgan fingerprint density at radius 3 is 1.94 bits per heavy atom. The maximum absolute atomic E-state index is 14.2. The summed E-state index contributed by atoms with van der Waals surface area (Å²) in [4.78, 5) is 77.0. The number of hydrogen-bond donors (Lipinski definition) is 2. The van der Waals surface area contributed by atoms with Gasteiger partial charge in [0.2, 0.25) is 11.8 Å². The fraction of sp³-hybridized carbons (Fsp3) is 0.438. The predicted octanol–water partition coefficient (Wildman–Crippen LogP) is 13.1. The maximum atomic E-state index is 14.2. The van der Waals surface area contributed by atoms with Crippen molar-refractivity contribution in [2.24, 2.45) is 0 Å². The number of carbonyl (C=O) groups excluding carboxylic acids is 5. The number of para-hydroxylation sites is 1. The standard InChI is InChI=1S/C73H83F7N8O9.3ClH/c1-83(33-12-34-85(3)67(91)52-19-25-59(26-20-52)81-32-11-42-94-47-65(89)84(2)40-41-86-35-27-60(28-36-86)97-69(93)82-63-18-10-8-16-61(63)51-13-5-4-6-14-51)66(90)48-95-64-45-53-15-7-9-17-62(53)70(64)29-37-87(38-30-70)39-31-71(55-21-23-58(74)24-22-55)49-88(50-96-71)68(92)54-43-56(72(75,76)77)46-57(44-54)73(78,79)80;;;/h4-10,13-26,43-44,46,60,64,81H,11-12,27-42,45,47-50H2,1-3H3,(H,82,93);3*1H/t64-,71-;;;/m0.../s1. The molecule has 1 spiro atoms. The van der Waals surface area contributed by atoms with E-state index in [2.05, 4.69) is 32.6 Å². The number of amides is 5. The van der Waals surface area contributed by atoms with Gasteiger partial charge in [0.25, 0.3) is 11.8 Å². The molecule has 2 atom stereocenters. The van der Waals surface area contributed by atoms with Crippen LogP contribution < -0.4 is 10.6 Å². The van der Waals surface area contributed by atoms with Crippen molar-refractivity contribution in [2.45, 2.75) is 86.9 Å². The highest BCUT2D eigenvalue weighted by atomic mass is 35.5. The molecule has 6 aromatic carbocycles. The quantitative estimate of drug-likeness (QED) is 0.0390. The maximum Gasteiger partial charge on any atom is 0.416 e. The van der Waals surface area contributed by atoms with Crippen molar-refractivity contribution >= 4 is 78.3 Å². The molecule has 3 fully saturated rings. The molecule has 0 saturated carbocycles. The van der Waals surface area contributed by atoms with E-state index in [0.29, 0.717) is 133 Å². The first-order chi connectivity index (χ1) is 46.5. The Kier molecular flexibility index (Phi) is 28.6. The number of fused-ring (bicyclic) bond motifs is 2. The van der Waals surface area contributed by atoms with Gasteiger partial charge in [0, 0.05) is 108 Å². The zero-order chi connectivity index (χ0) is 68.9. The molecule has 5 amide bonds. The Balaban J connectivity index is 0.00000468. The second-order valence-electron chi connectivity index (χ2n) is 25.6. The molecule has 3 saturated heterocycles. The average Bonchev–Trinajstić information content (AvgIpc) is 1.58. The number of benzene rings is 6. The molecule has 3 aliphatic heterocycles. The fourth-order valence-corrected chi connectivity index (χ4v) is 13.4. The highest BCUT2D eigenvalue weighted by Crippen LogP contribution is 2.48. The van der Waals surface area contributed by atoms with Crippen LogP contribution in [0.1, 0.15) is 93.5 Å². The van der Waals surface area contributed by atoms with Gasteiger partial charge in [0.05, 0.1) is 29.5 Å². The van der Waals surface area contributed by atoms with Gasteiger partial charge in [-0.1, -0.05) is 84.9 Å². The van der Waals surface area contributed by atoms with E-state index in [4.69, 9.17) is 18.9 Å². The number of nitrogens with one attached hydrogen (secondary N) is 2. The molecule has 4 aliphatic rings. The molecule has 27 heteroatoms. The number of piperidine rings is 2. The summed E-state index contributed by atoms with van der Waals surface area (Å²) in [6, 6.07) is 39.0. The van der Waals surface area contributed by atoms with Crippen LogP contribution in [-0.2, 0) is 58.3 Å². The molecule has 10 rings (SSSR count). The lowest BCUT2D eigenvalue weighted by Gasteiger charge is -2.44. The number of carbonyl (C=O) groups is 5. The van der Waals surface area contributed by atoms with Crippen molar-refractivity contribution in [1.82, 2.24) is 29.4 Å². The van der Waals surface area contributed by atoms with Crippen LogP contribution in [0.3, 0.4) is 0 Å². The van der Waals surface area contributed by atoms with Gasteiger partial charge < -0.3 is 53.7 Å². The number of nitrogens with zero attached hydrogens (tertiary/aromatic N) is 6. The van der Waals surface area contributed by atoms with Gasteiger partial charge in [-0.05, 0) is 147 Å². The first kappa shape index (κ1) is 79.8. The van der Waals surface area contributed by atoms with Crippen molar-refractivity contribution in [3.8, 4) is 11.1 Å². The third kappa shape index (κ3) is 20.4. The summed E-state index contributed by atoms with van der Waals surface area (Å²) in [5, 5.41) is 6.25. The highest BCUT2D eigenvalue weighted by Gasteiger charge is 2.50. The molecule has 1 aliphatic carbocycles. The molecule has 0 bridgehead atoms. The minimum Gasteiger partial charge on any atom is -0.446 e. The van der Waals surface area contributed by atoms with Crippen LogP contribution in [0.4, 0.5) is 46.9 Å². The van der Waals surface area contributed by atoms with Crippen LogP contribution in [0.2, 0.25) is 0 Å². The van der Waals surface area contributed by atoms with Crippen molar-refractivity contribution in [3.05, 3.63) is 190 Å². The van der Waals surface area contributed by atoms with Gasteiger partial charge in [0.1, 0.15) is 37.5 Å². The molecule has 542 valence electrons. The van der Waals surface area contributed by atoms with E-state index in [1.165, 1.54) is 24.3 Å². The number of anilines is 2. The summed E-state index contributed by atoms with van der Waals surface area (Å²) in [5.74, 6) is -2.08. The number of alkyl halides is 6. The summed E-state index contributed by atoms with van der Waals surface area (Å²) in [7, 11) is 5.20. The molecular weight excluding hydrogens is 1370 g/mol. The number of rotatable bonds is 26. The predicted molar refractivity (Wildman–Crippen MR) is 374 cm³/mol. The van der Waals surface area contributed by atoms with Crippen molar-refractivity contribution in [2.75, 3.05) is 130 Å². The van der Waals surface area contributed by atoms with Crippen molar-refractivity contribution < 1.29 is 73.7 Å². The Bertz CT molecular complexity index is 3650. The third-order valence-electron chi connectivity index (χ3n) is 19.1. The van der Waals surface area contributed by atoms with E-state index in [-0.39, 0.29) is 99.4 Å². The lowest BCUT2D eigenvalue weighted by molar-refractivity contribution is -0.143. The number of ether oxygens (including phenoxy) is 4. The Hall–Kier alpha value is -7.55. The minimum atomic E-state index is -5.15. The van der Waals surface area contributed by atoms with Crippen LogP contribution in [0.25, 0.3) is 11.1 Å². The smallest absolute Gasteiger partial charge is 0.416 e. The first-order valence-corrected chi connectivity index (χ1v) is 32.9. The first-order valence-electron chi connectivity index (χ1n) is 32.9. The van der Waals surface area contributed by atoms with Crippen LogP contribution in [0, 0.1) is 5.82 Å². The van der Waals surface area contributed by atoms with Gasteiger partial charge in [-0.25, -0.2) is 9.18 Å². The van der Waals surface area contributed by atoms with Crippen LogP contribution in [-0.4, -0.2) is 191 Å². The van der Waals surface area contributed by atoms with Crippen molar-refractivity contribution in [1.29, 1.82) is 0 Å². The Morgan fingerprint density at radius 1 is 0.650 bits per heavy atom. The van der Waals surface area contributed by atoms with Gasteiger partial charge in [-0.15, -0.1) is 37.2 Å². The SMILES string of the molecule is CN(CCN1CCC(OC(=O)Nc2ccccc2-c2ccccc2)CC1)C(=O)COCCCNc1ccc(C(=O)N(C)CCCN(C)C(=O)CO[C@H]2Cc3ccccc3C23CCN(CC[C@@]2(c4ccc(F)cc4)CN(C(=O)c4cc(C(F)(F)F)cc(C(F)(F)F)c4)CO2)CC3)cc1.Cl.Cl.Cl. The molecule has 17 nitrogen and oxygen atoms in total. The topological polar surface area (TPSA) is 166 Å². The summed E-state index contributed by atoms with van der Waals surface area (Å²) < 4.78 is 121. The van der Waals surface area contributed by atoms with E-state index in [1.807, 2.05) is 78.9 Å². The third-order valence-corrected chi connectivity index (χ3v) is 19.1. The summed E-state index contributed by atoms with van der Waals surface area (Å²) in [5.41, 5.74) is 1.05. The lowest BCUT2D eigenvalue weighted by atomic mass is 9.72. The number of halogens is 10. The van der Waals surface area contributed by atoms with Crippen LogP contribution >= 0.6 is 37.2 Å². The molecule has 3 heterocycles. The van der Waals surface area contributed by atoms with E-state index in [0.717, 1.165) is 45.9 Å².